The molecule has 350 valence electrons. The minimum absolute atomic E-state index is 0.0244. The van der Waals surface area contributed by atoms with Crippen LogP contribution >= 0.6 is 0 Å². The Bertz CT molecular complexity index is 813. The van der Waals surface area contributed by atoms with Crippen molar-refractivity contribution < 1.29 is 19.1 Å². The fourth-order valence-electron chi connectivity index (χ4n) is 9.33. The first-order valence-corrected chi connectivity index (χ1v) is 26.8. The van der Waals surface area contributed by atoms with Crippen molar-refractivity contribution in [3.05, 3.63) is 0 Å². The highest BCUT2D eigenvalue weighted by Gasteiger charge is 2.15. The van der Waals surface area contributed by atoms with Crippen LogP contribution in [-0.4, -0.2) is 62.8 Å². The largest absolute Gasteiger partial charge is 0.466 e. The molecule has 1 aliphatic rings. The highest BCUT2D eigenvalue weighted by molar-refractivity contribution is 5.69. The van der Waals surface area contributed by atoms with Crippen LogP contribution in [0.2, 0.25) is 0 Å². The second-order valence-electron chi connectivity index (χ2n) is 19.0. The molecule has 1 N–H and O–H groups in total. The second kappa shape index (κ2) is 43.5. The Morgan fingerprint density at radius 3 is 1.07 bits per heavy atom. The minimum Gasteiger partial charge on any atom is -0.466 e. The Hall–Kier alpha value is -1.14. The molecule has 6 nitrogen and oxygen atoms in total. The van der Waals surface area contributed by atoms with Crippen LogP contribution < -0.4 is 5.32 Å². The predicted molar refractivity (Wildman–Crippen MR) is 255 cm³/mol. The molecule has 6 heteroatoms. The summed E-state index contributed by atoms with van der Waals surface area (Å²) >= 11 is 0. The molecular weight excluding hydrogens is 729 g/mol. The van der Waals surface area contributed by atoms with Crippen LogP contribution in [0, 0.1) is 17.8 Å². The van der Waals surface area contributed by atoms with Crippen molar-refractivity contribution in [3.63, 3.8) is 0 Å². The number of nitrogens with one attached hydrogen (secondary N) is 1. The van der Waals surface area contributed by atoms with Gasteiger partial charge in [-0.1, -0.05) is 220 Å². The van der Waals surface area contributed by atoms with Crippen LogP contribution in [0.3, 0.4) is 0 Å². The van der Waals surface area contributed by atoms with Gasteiger partial charge in [0.25, 0.3) is 0 Å². The van der Waals surface area contributed by atoms with Crippen molar-refractivity contribution >= 4 is 11.9 Å². The fourth-order valence-corrected chi connectivity index (χ4v) is 9.33. The van der Waals surface area contributed by atoms with Gasteiger partial charge in [0.2, 0.25) is 0 Å². The van der Waals surface area contributed by atoms with Gasteiger partial charge >= 0.3 is 11.9 Å². The minimum atomic E-state index is 0.0244. The molecule has 0 aromatic heterocycles. The van der Waals surface area contributed by atoms with Crippen LogP contribution in [0.4, 0.5) is 0 Å². The lowest BCUT2D eigenvalue weighted by Gasteiger charge is -2.29. The summed E-state index contributed by atoms with van der Waals surface area (Å²) in [6, 6.07) is 0. The van der Waals surface area contributed by atoms with Crippen molar-refractivity contribution in [2.24, 2.45) is 17.8 Å². The lowest BCUT2D eigenvalue weighted by atomic mass is 9.91. The van der Waals surface area contributed by atoms with E-state index in [1.165, 1.54) is 206 Å². The van der Waals surface area contributed by atoms with E-state index < -0.39 is 0 Å². The Morgan fingerprint density at radius 1 is 0.407 bits per heavy atom. The summed E-state index contributed by atoms with van der Waals surface area (Å²) in [6.07, 6.45) is 45.9. The van der Waals surface area contributed by atoms with Gasteiger partial charge < -0.3 is 19.7 Å². The number of carbonyl (C=O) groups is 2. The fraction of sp³-hybridized carbons (Fsp3) is 0.962. The number of esters is 2. The van der Waals surface area contributed by atoms with Gasteiger partial charge in [-0.15, -0.1) is 0 Å². The van der Waals surface area contributed by atoms with E-state index in [-0.39, 0.29) is 11.9 Å². The van der Waals surface area contributed by atoms with Crippen molar-refractivity contribution in [3.8, 4) is 0 Å². The topological polar surface area (TPSA) is 67.9 Å². The first-order valence-electron chi connectivity index (χ1n) is 26.8. The molecular formula is C53H104N2O4. The molecule has 1 fully saturated rings. The van der Waals surface area contributed by atoms with Gasteiger partial charge in [-0.3, -0.25) is 9.59 Å². The highest BCUT2D eigenvalue weighted by atomic mass is 16.5. The molecule has 1 aliphatic heterocycles. The number of ether oxygens (including phenoxy) is 2. The van der Waals surface area contributed by atoms with Crippen molar-refractivity contribution in [1.82, 2.24) is 10.2 Å². The molecule has 0 atom stereocenters. The Balaban J connectivity index is 2.15. The SMILES string of the molecule is CCCCCC(CCCCC)CCOC(=O)CCCCCCCCCC(CCCCCCCCCC(=O)OCCC(CCCCC)CCCCC)CCN1CCNCC1. The van der Waals surface area contributed by atoms with Gasteiger partial charge in [0.05, 0.1) is 13.2 Å². The van der Waals surface area contributed by atoms with Crippen LogP contribution in [0.25, 0.3) is 0 Å². The summed E-state index contributed by atoms with van der Waals surface area (Å²) < 4.78 is 11.3. The molecule has 1 rings (SSSR count). The number of hydrogen-bond donors (Lipinski definition) is 1. The second-order valence-corrected chi connectivity index (χ2v) is 19.0. The number of unbranched alkanes of at least 4 members (excludes halogenated alkanes) is 20. The van der Waals surface area contributed by atoms with Crippen molar-refractivity contribution in [2.45, 2.75) is 265 Å². The lowest BCUT2D eigenvalue weighted by molar-refractivity contribution is -0.145. The van der Waals surface area contributed by atoms with Gasteiger partial charge in [0, 0.05) is 39.0 Å². The summed E-state index contributed by atoms with van der Waals surface area (Å²) in [5, 5.41) is 3.51. The number of nitrogens with zero attached hydrogens (tertiary/aromatic N) is 1. The predicted octanol–water partition coefficient (Wildman–Crippen LogP) is 15.3. The quantitative estimate of drug-likeness (QED) is 0.0487. The maximum Gasteiger partial charge on any atom is 0.305 e. The van der Waals surface area contributed by atoms with Gasteiger partial charge in [-0.25, -0.2) is 0 Å². The Morgan fingerprint density at radius 2 is 0.712 bits per heavy atom. The van der Waals surface area contributed by atoms with Gasteiger partial charge in [-0.2, -0.15) is 0 Å². The third kappa shape index (κ3) is 37.2. The monoisotopic (exact) mass is 833 g/mol. The van der Waals surface area contributed by atoms with Crippen LogP contribution in [-0.2, 0) is 19.1 Å². The first-order chi connectivity index (χ1) is 29.0. The maximum atomic E-state index is 12.4. The molecule has 0 aliphatic carbocycles. The number of hydrogen-bond acceptors (Lipinski definition) is 6. The molecule has 59 heavy (non-hydrogen) atoms. The van der Waals surface area contributed by atoms with E-state index in [1.807, 2.05) is 0 Å². The lowest BCUT2D eigenvalue weighted by Crippen LogP contribution is -2.44. The summed E-state index contributed by atoms with van der Waals surface area (Å²) in [6.45, 7) is 16.3. The summed E-state index contributed by atoms with van der Waals surface area (Å²) in [5.41, 5.74) is 0. The third-order valence-corrected chi connectivity index (χ3v) is 13.5. The molecule has 0 spiro atoms. The molecule has 0 aromatic carbocycles. The average molecular weight is 833 g/mol. The van der Waals surface area contributed by atoms with E-state index in [9.17, 15) is 9.59 Å². The van der Waals surface area contributed by atoms with E-state index in [4.69, 9.17) is 9.47 Å². The zero-order chi connectivity index (χ0) is 42.7. The molecule has 1 saturated heterocycles. The molecule has 0 amide bonds. The zero-order valence-corrected chi connectivity index (χ0v) is 40.4. The molecule has 0 radical (unpaired) electrons. The molecule has 0 bridgehead atoms. The third-order valence-electron chi connectivity index (χ3n) is 13.5. The van der Waals surface area contributed by atoms with E-state index in [0.717, 1.165) is 69.4 Å². The van der Waals surface area contributed by atoms with E-state index in [2.05, 4.69) is 37.9 Å². The number of piperazine rings is 1. The molecule has 1 heterocycles. The van der Waals surface area contributed by atoms with Crippen LogP contribution in [0.15, 0.2) is 0 Å². The van der Waals surface area contributed by atoms with E-state index in [1.54, 1.807) is 0 Å². The maximum absolute atomic E-state index is 12.4. The molecule has 0 saturated carbocycles. The Labute approximate surface area is 369 Å². The zero-order valence-electron chi connectivity index (χ0n) is 40.4. The van der Waals surface area contributed by atoms with Gasteiger partial charge in [0.15, 0.2) is 0 Å². The number of carbonyl (C=O) groups excluding carboxylic acids is 2. The average Bonchev–Trinajstić information content (AvgIpc) is 3.24. The normalized spacial score (nSPS) is 13.6. The van der Waals surface area contributed by atoms with Gasteiger partial charge in [-0.05, 0) is 56.4 Å². The summed E-state index contributed by atoms with van der Waals surface area (Å²) in [7, 11) is 0. The van der Waals surface area contributed by atoms with E-state index in [0.29, 0.717) is 26.1 Å². The van der Waals surface area contributed by atoms with Crippen molar-refractivity contribution in [2.75, 3.05) is 45.9 Å². The smallest absolute Gasteiger partial charge is 0.305 e. The number of rotatable bonds is 45. The molecule has 0 aromatic rings. The first kappa shape index (κ1) is 55.9. The highest BCUT2D eigenvalue weighted by Crippen LogP contribution is 2.25. The standard InChI is InChI=1S/C53H104N2O4/c1-5-9-23-31-50(32-24-10-6-2)40-47-58-52(56)37-29-21-17-13-15-19-27-35-49(39-44-55-45-42-54-43-46-55)36-28-20-16-14-18-22-30-38-53(57)59-48-41-51(33-25-11-7-3)34-26-12-8-4/h49-51,54H,5-48H2,1-4H3. The van der Waals surface area contributed by atoms with Gasteiger partial charge in [0.1, 0.15) is 0 Å². The Kier molecular flexibility index (Phi) is 41.2. The summed E-state index contributed by atoms with van der Waals surface area (Å²) in [4.78, 5) is 27.4. The molecule has 0 unspecified atom stereocenters. The van der Waals surface area contributed by atoms with Crippen LogP contribution in [0.1, 0.15) is 265 Å². The van der Waals surface area contributed by atoms with Crippen molar-refractivity contribution in [1.29, 1.82) is 0 Å². The van der Waals surface area contributed by atoms with Crippen LogP contribution in [0.5, 0.6) is 0 Å². The van der Waals surface area contributed by atoms with E-state index >= 15 is 0 Å². The summed E-state index contributed by atoms with van der Waals surface area (Å²) in [5.74, 6) is 2.38.